The number of rotatable bonds is 5. The number of ether oxygens (including phenoxy) is 1. The van der Waals surface area contributed by atoms with Crippen LogP contribution in [-0.4, -0.2) is 17.7 Å². The van der Waals surface area contributed by atoms with Gasteiger partial charge in [-0.15, -0.1) is 0 Å². The summed E-state index contributed by atoms with van der Waals surface area (Å²) in [6, 6.07) is 25.8. The van der Waals surface area contributed by atoms with Crippen LogP contribution in [0.1, 0.15) is 29.7 Å². The van der Waals surface area contributed by atoms with Gasteiger partial charge in [0.1, 0.15) is 6.10 Å². The van der Waals surface area contributed by atoms with Gasteiger partial charge < -0.3 is 9.84 Å². The highest BCUT2D eigenvalue weighted by Gasteiger charge is 2.38. The van der Waals surface area contributed by atoms with Gasteiger partial charge in [0.2, 0.25) is 0 Å². The van der Waals surface area contributed by atoms with E-state index < -0.39 is 12.1 Å². The van der Waals surface area contributed by atoms with Gasteiger partial charge >= 0.3 is 5.97 Å². The van der Waals surface area contributed by atoms with Crippen LogP contribution in [0.4, 0.5) is 0 Å². The molecule has 1 N–H and O–H groups in total. The summed E-state index contributed by atoms with van der Waals surface area (Å²) in [4.78, 5) is 12.2. The number of benzene rings is 3. The molecule has 134 valence electrons. The summed E-state index contributed by atoms with van der Waals surface area (Å²) in [6.07, 6.45) is -0.568. The van der Waals surface area contributed by atoms with Crippen molar-refractivity contribution in [3.8, 4) is 11.1 Å². The van der Waals surface area contributed by atoms with Crippen molar-refractivity contribution >= 4 is 11.5 Å². The van der Waals surface area contributed by atoms with Crippen molar-refractivity contribution in [2.45, 2.75) is 13.0 Å². The Kier molecular flexibility index (Phi) is 4.61. The molecule has 0 aromatic heterocycles. The second-order valence-corrected chi connectivity index (χ2v) is 6.43. The lowest BCUT2D eigenvalue weighted by Gasteiger charge is -2.15. The molecule has 0 saturated carbocycles. The van der Waals surface area contributed by atoms with Crippen molar-refractivity contribution in [1.82, 2.24) is 0 Å². The van der Waals surface area contributed by atoms with Crippen LogP contribution in [0.5, 0.6) is 0 Å². The first-order valence-electron chi connectivity index (χ1n) is 9.05. The van der Waals surface area contributed by atoms with Crippen LogP contribution < -0.4 is 0 Å². The Morgan fingerprint density at radius 2 is 1.52 bits per heavy atom. The second kappa shape index (κ2) is 7.22. The molecule has 4 rings (SSSR count). The van der Waals surface area contributed by atoms with Gasteiger partial charge in [-0.3, -0.25) is 0 Å². The Labute approximate surface area is 158 Å². The van der Waals surface area contributed by atoms with Crippen molar-refractivity contribution in [1.29, 1.82) is 0 Å². The van der Waals surface area contributed by atoms with E-state index in [1.165, 1.54) is 0 Å². The van der Waals surface area contributed by atoms with Gasteiger partial charge in [0.05, 0.1) is 5.57 Å². The molecular formula is C24H20O3. The molecule has 0 fully saturated rings. The van der Waals surface area contributed by atoms with Crippen molar-refractivity contribution in [2.75, 3.05) is 6.61 Å². The molecule has 1 atom stereocenters. The number of hydrogen-bond acceptors (Lipinski definition) is 2. The zero-order valence-corrected chi connectivity index (χ0v) is 15.1. The van der Waals surface area contributed by atoms with Crippen molar-refractivity contribution in [3.05, 3.63) is 101 Å². The molecule has 0 heterocycles. The van der Waals surface area contributed by atoms with Crippen molar-refractivity contribution < 1.29 is 14.6 Å². The third-order valence-electron chi connectivity index (χ3n) is 4.87. The van der Waals surface area contributed by atoms with Gasteiger partial charge in [0, 0.05) is 12.2 Å². The number of fused-ring (bicyclic) bond motifs is 1. The lowest BCUT2D eigenvalue weighted by molar-refractivity contribution is -0.134. The minimum absolute atomic E-state index is 0.307. The normalized spacial score (nSPS) is 15.7. The number of carbonyl (C=O) groups is 1. The maximum Gasteiger partial charge on any atom is 0.335 e. The smallest absolute Gasteiger partial charge is 0.335 e. The second-order valence-electron chi connectivity index (χ2n) is 6.43. The van der Waals surface area contributed by atoms with Crippen LogP contribution in [0.25, 0.3) is 16.7 Å². The molecule has 0 aliphatic heterocycles. The van der Waals surface area contributed by atoms with E-state index in [4.69, 9.17) is 4.74 Å². The topological polar surface area (TPSA) is 46.5 Å². The van der Waals surface area contributed by atoms with Gasteiger partial charge in [0.15, 0.2) is 0 Å². The fraction of sp³-hybridized carbons (Fsp3) is 0.125. The van der Waals surface area contributed by atoms with Crippen LogP contribution in [0, 0.1) is 0 Å². The highest BCUT2D eigenvalue weighted by Crippen LogP contribution is 2.49. The molecule has 1 unspecified atom stereocenters. The van der Waals surface area contributed by atoms with Gasteiger partial charge in [-0.1, -0.05) is 78.9 Å². The van der Waals surface area contributed by atoms with Gasteiger partial charge in [0.25, 0.3) is 0 Å². The predicted molar refractivity (Wildman–Crippen MR) is 106 cm³/mol. The van der Waals surface area contributed by atoms with E-state index in [0.29, 0.717) is 12.2 Å². The summed E-state index contributed by atoms with van der Waals surface area (Å²) in [6.45, 7) is 2.33. The summed E-state index contributed by atoms with van der Waals surface area (Å²) >= 11 is 0. The van der Waals surface area contributed by atoms with E-state index in [0.717, 1.165) is 33.4 Å². The minimum Gasteiger partial charge on any atom is -0.478 e. The SMILES string of the molecule is CCOC1C(C(=O)O)=C(c2ccccc2)c2c(-c3ccccc3)cccc21. The lowest BCUT2D eigenvalue weighted by Crippen LogP contribution is -2.12. The standard InChI is InChI=1S/C24H20O3/c1-2-27-23-19-15-9-14-18(16-10-5-3-6-11-16)21(19)20(22(23)24(25)26)17-12-7-4-8-13-17/h3-15,23H,2H2,1H3,(H,25,26). The fourth-order valence-corrected chi connectivity index (χ4v) is 3.81. The van der Waals surface area contributed by atoms with E-state index in [9.17, 15) is 9.90 Å². The van der Waals surface area contributed by atoms with Crippen LogP contribution in [0.2, 0.25) is 0 Å². The van der Waals surface area contributed by atoms with Crippen molar-refractivity contribution in [3.63, 3.8) is 0 Å². The summed E-state index contributed by atoms with van der Waals surface area (Å²) in [5.41, 5.74) is 5.89. The average Bonchev–Trinajstić information content (AvgIpc) is 3.04. The monoisotopic (exact) mass is 356 g/mol. The van der Waals surface area contributed by atoms with E-state index in [1.807, 2.05) is 85.8 Å². The molecule has 0 saturated heterocycles. The molecule has 0 spiro atoms. The molecule has 1 aliphatic carbocycles. The Hall–Kier alpha value is -3.17. The largest absolute Gasteiger partial charge is 0.478 e. The van der Waals surface area contributed by atoms with Crippen LogP contribution in [0.3, 0.4) is 0 Å². The Bertz CT molecular complexity index is 1000. The molecular weight excluding hydrogens is 336 g/mol. The zero-order chi connectivity index (χ0) is 18.8. The Morgan fingerprint density at radius 3 is 2.11 bits per heavy atom. The third-order valence-corrected chi connectivity index (χ3v) is 4.87. The highest BCUT2D eigenvalue weighted by atomic mass is 16.5. The molecule has 0 amide bonds. The van der Waals surface area contributed by atoms with Crippen molar-refractivity contribution in [2.24, 2.45) is 0 Å². The molecule has 0 radical (unpaired) electrons. The predicted octanol–water partition coefficient (Wildman–Crippen LogP) is 5.33. The number of hydrogen-bond donors (Lipinski definition) is 1. The molecule has 3 nitrogen and oxygen atoms in total. The third kappa shape index (κ3) is 2.96. The maximum absolute atomic E-state index is 12.2. The number of aliphatic carboxylic acids is 1. The van der Waals surface area contributed by atoms with Gasteiger partial charge in [-0.05, 0) is 34.7 Å². The van der Waals surface area contributed by atoms with Gasteiger partial charge in [-0.2, -0.15) is 0 Å². The van der Waals surface area contributed by atoms with Crippen LogP contribution in [-0.2, 0) is 9.53 Å². The Morgan fingerprint density at radius 1 is 0.889 bits per heavy atom. The average molecular weight is 356 g/mol. The van der Waals surface area contributed by atoms with Crippen LogP contribution in [0.15, 0.2) is 84.4 Å². The zero-order valence-electron chi connectivity index (χ0n) is 15.1. The summed E-state index contributed by atoms with van der Waals surface area (Å²) in [5.74, 6) is -0.942. The van der Waals surface area contributed by atoms with Gasteiger partial charge in [-0.25, -0.2) is 4.79 Å². The van der Waals surface area contributed by atoms with Crippen LogP contribution >= 0.6 is 0 Å². The maximum atomic E-state index is 12.2. The first-order chi connectivity index (χ1) is 13.2. The summed E-state index contributed by atoms with van der Waals surface area (Å²) < 4.78 is 5.91. The summed E-state index contributed by atoms with van der Waals surface area (Å²) in [7, 11) is 0. The number of carboxylic acids is 1. The Balaban J connectivity index is 2.05. The van der Waals surface area contributed by atoms with E-state index in [2.05, 4.69) is 0 Å². The molecule has 1 aliphatic rings. The molecule has 3 aromatic carbocycles. The number of carboxylic acid groups (broad SMARTS) is 1. The molecule has 3 aromatic rings. The molecule has 3 heteroatoms. The highest BCUT2D eigenvalue weighted by molar-refractivity contribution is 6.08. The lowest BCUT2D eigenvalue weighted by atomic mass is 9.90. The van der Waals surface area contributed by atoms with E-state index in [-0.39, 0.29) is 0 Å². The minimum atomic E-state index is -0.942. The van der Waals surface area contributed by atoms with E-state index >= 15 is 0 Å². The summed E-state index contributed by atoms with van der Waals surface area (Å²) in [5, 5.41) is 10.0. The fourth-order valence-electron chi connectivity index (χ4n) is 3.81. The van der Waals surface area contributed by atoms with E-state index in [1.54, 1.807) is 0 Å². The quantitative estimate of drug-likeness (QED) is 0.672. The molecule has 0 bridgehead atoms. The first kappa shape index (κ1) is 17.3. The molecule has 27 heavy (non-hydrogen) atoms. The first-order valence-corrected chi connectivity index (χ1v) is 9.05.